The van der Waals surface area contributed by atoms with Crippen molar-refractivity contribution in [3.63, 3.8) is 0 Å². The van der Waals surface area contributed by atoms with Crippen LogP contribution in [0.2, 0.25) is 0 Å². The number of ketones is 1. The van der Waals surface area contributed by atoms with Gasteiger partial charge in [-0.1, -0.05) is 18.2 Å². The van der Waals surface area contributed by atoms with E-state index in [9.17, 15) is 9.59 Å². The van der Waals surface area contributed by atoms with E-state index in [-0.39, 0.29) is 11.7 Å². The number of carbonyl (C=O) groups is 2. The van der Waals surface area contributed by atoms with Gasteiger partial charge in [0.2, 0.25) is 0 Å². The maximum absolute atomic E-state index is 12.0. The lowest BCUT2D eigenvalue weighted by molar-refractivity contribution is -0.131. The number of nitrogens with one attached hydrogen (secondary N) is 1. The number of hydrogen-bond acceptors (Lipinski definition) is 3. The van der Waals surface area contributed by atoms with Crippen molar-refractivity contribution >= 4 is 11.7 Å². The Morgan fingerprint density at radius 3 is 2.42 bits per heavy atom. The zero-order chi connectivity index (χ0) is 13.7. The topological polar surface area (TPSA) is 55.4 Å². The van der Waals surface area contributed by atoms with Crippen LogP contribution >= 0.6 is 0 Å². The minimum atomic E-state index is -0.456. The Morgan fingerprint density at radius 1 is 1.21 bits per heavy atom. The van der Waals surface area contributed by atoms with Crippen molar-refractivity contribution in [3.8, 4) is 0 Å². The van der Waals surface area contributed by atoms with Gasteiger partial charge in [0.15, 0.2) is 0 Å². The molecule has 1 heterocycles. The number of benzene rings is 1. The monoisotopic (exact) mass is 261 g/mol. The summed E-state index contributed by atoms with van der Waals surface area (Å²) in [6.07, 6.45) is 1.36. The standard InChI is InChI=1S/C15H19NO3/c1-12(17)15(7-9-19-10-8-15)11-16-14(18)13-5-3-2-4-6-13/h2-6H,7-11H2,1H3,(H,16,18). The second-order valence-electron chi connectivity index (χ2n) is 5.00. The van der Waals surface area contributed by atoms with Crippen molar-refractivity contribution < 1.29 is 14.3 Å². The maximum Gasteiger partial charge on any atom is 0.251 e. The maximum atomic E-state index is 12.0. The van der Waals surface area contributed by atoms with E-state index >= 15 is 0 Å². The smallest absolute Gasteiger partial charge is 0.251 e. The third kappa shape index (κ3) is 3.20. The Bertz CT molecular complexity index is 450. The van der Waals surface area contributed by atoms with Crippen LogP contribution in [-0.2, 0) is 9.53 Å². The van der Waals surface area contributed by atoms with Crippen LogP contribution in [0.3, 0.4) is 0 Å². The van der Waals surface area contributed by atoms with Crippen LogP contribution in [0, 0.1) is 5.41 Å². The van der Waals surface area contributed by atoms with Gasteiger partial charge < -0.3 is 10.1 Å². The molecule has 1 amide bonds. The lowest BCUT2D eigenvalue weighted by Gasteiger charge is -2.34. The van der Waals surface area contributed by atoms with Gasteiger partial charge in [-0.15, -0.1) is 0 Å². The Balaban J connectivity index is 2.00. The zero-order valence-corrected chi connectivity index (χ0v) is 11.1. The average Bonchev–Trinajstić information content (AvgIpc) is 2.46. The highest BCUT2D eigenvalue weighted by Crippen LogP contribution is 2.30. The van der Waals surface area contributed by atoms with E-state index in [1.807, 2.05) is 18.2 Å². The number of rotatable bonds is 4. The second kappa shape index (κ2) is 5.97. The summed E-state index contributed by atoms with van der Waals surface area (Å²) in [5, 5.41) is 2.88. The van der Waals surface area contributed by atoms with Gasteiger partial charge in [-0.25, -0.2) is 0 Å². The molecule has 1 fully saturated rings. The van der Waals surface area contributed by atoms with Gasteiger partial charge in [-0.05, 0) is 31.9 Å². The van der Waals surface area contributed by atoms with Crippen molar-refractivity contribution in [3.05, 3.63) is 35.9 Å². The van der Waals surface area contributed by atoms with E-state index in [0.29, 0.717) is 38.2 Å². The first-order chi connectivity index (χ1) is 9.14. The fourth-order valence-corrected chi connectivity index (χ4v) is 2.36. The van der Waals surface area contributed by atoms with Gasteiger partial charge in [-0.2, -0.15) is 0 Å². The fourth-order valence-electron chi connectivity index (χ4n) is 2.36. The Hall–Kier alpha value is -1.68. The molecular formula is C15H19NO3. The third-order valence-electron chi connectivity index (χ3n) is 3.82. The summed E-state index contributed by atoms with van der Waals surface area (Å²) in [6, 6.07) is 9.04. The van der Waals surface area contributed by atoms with E-state index in [1.54, 1.807) is 19.1 Å². The Morgan fingerprint density at radius 2 is 1.84 bits per heavy atom. The molecular weight excluding hydrogens is 242 g/mol. The minimum absolute atomic E-state index is 0.129. The van der Waals surface area contributed by atoms with E-state index < -0.39 is 5.41 Å². The summed E-state index contributed by atoms with van der Waals surface area (Å²) in [6.45, 7) is 3.15. The summed E-state index contributed by atoms with van der Waals surface area (Å²) < 4.78 is 5.30. The normalized spacial score (nSPS) is 17.7. The van der Waals surface area contributed by atoms with Crippen molar-refractivity contribution in [2.45, 2.75) is 19.8 Å². The average molecular weight is 261 g/mol. The number of ether oxygens (including phenoxy) is 1. The molecule has 102 valence electrons. The van der Waals surface area contributed by atoms with E-state index in [1.165, 1.54) is 0 Å². The molecule has 0 bridgehead atoms. The highest BCUT2D eigenvalue weighted by atomic mass is 16.5. The molecule has 0 radical (unpaired) electrons. The first-order valence-corrected chi connectivity index (χ1v) is 6.56. The van der Waals surface area contributed by atoms with Crippen molar-refractivity contribution in [2.24, 2.45) is 5.41 Å². The van der Waals surface area contributed by atoms with E-state index in [0.717, 1.165) is 0 Å². The molecule has 4 nitrogen and oxygen atoms in total. The SMILES string of the molecule is CC(=O)C1(CNC(=O)c2ccccc2)CCOCC1. The largest absolute Gasteiger partial charge is 0.381 e. The summed E-state index contributed by atoms with van der Waals surface area (Å²) in [7, 11) is 0. The Labute approximate surface area is 113 Å². The van der Waals surface area contributed by atoms with Gasteiger partial charge in [0.25, 0.3) is 5.91 Å². The van der Waals surface area contributed by atoms with Gasteiger partial charge in [-0.3, -0.25) is 9.59 Å². The first kappa shape index (κ1) is 13.7. The predicted octanol–water partition coefficient (Wildman–Crippen LogP) is 1.80. The molecule has 0 atom stereocenters. The molecule has 2 rings (SSSR count). The molecule has 4 heteroatoms. The van der Waals surface area contributed by atoms with Gasteiger partial charge in [0.05, 0.1) is 5.41 Å². The van der Waals surface area contributed by atoms with Gasteiger partial charge in [0, 0.05) is 25.3 Å². The van der Waals surface area contributed by atoms with Crippen LogP contribution in [0.1, 0.15) is 30.1 Å². The van der Waals surface area contributed by atoms with Gasteiger partial charge >= 0.3 is 0 Å². The lowest BCUT2D eigenvalue weighted by Crippen LogP contribution is -2.45. The van der Waals surface area contributed by atoms with Crippen LogP contribution in [0.4, 0.5) is 0 Å². The molecule has 0 aromatic heterocycles. The van der Waals surface area contributed by atoms with Crippen LogP contribution in [0.25, 0.3) is 0 Å². The summed E-state index contributed by atoms with van der Waals surface area (Å²) in [5.74, 6) is -0.00289. The quantitative estimate of drug-likeness (QED) is 0.899. The molecule has 1 saturated heterocycles. The molecule has 0 aliphatic carbocycles. The number of carbonyl (C=O) groups excluding carboxylic acids is 2. The number of hydrogen-bond donors (Lipinski definition) is 1. The highest BCUT2D eigenvalue weighted by Gasteiger charge is 2.37. The predicted molar refractivity (Wildman–Crippen MR) is 71.9 cm³/mol. The molecule has 1 aromatic rings. The van der Waals surface area contributed by atoms with Crippen molar-refractivity contribution in [2.75, 3.05) is 19.8 Å². The van der Waals surface area contributed by atoms with Gasteiger partial charge in [0.1, 0.15) is 5.78 Å². The van der Waals surface area contributed by atoms with E-state index in [4.69, 9.17) is 4.74 Å². The molecule has 1 aliphatic heterocycles. The molecule has 1 aliphatic rings. The molecule has 1 N–H and O–H groups in total. The fraction of sp³-hybridized carbons (Fsp3) is 0.467. The van der Waals surface area contributed by atoms with E-state index in [2.05, 4.69) is 5.32 Å². The van der Waals surface area contributed by atoms with Crippen LogP contribution < -0.4 is 5.32 Å². The Kier molecular flexibility index (Phi) is 4.32. The third-order valence-corrected chi connectivity index (χ3v) is 3.82. The summed E-state index contributed by atoms with van der Waals surface area (Å²) in [4.78, 5) is 23.9. The molecule has 0 saturated carbocycles. The van der Waals surface area contributed by atoms with Crippen LogP contribution in [0.5, 0.6) is 0 Å². The molecule has 0 spiro atoms. The molecule has 1 aromatic carbocycles. The number of Topliss-reactive ketones (excluding diaryl/α,β-unsaturated/α-hetero) is 1. The van der Waals surface area contributed by atoms with Crippen molar-refractivity contribution in [1.29, 1.82) is 0 Å². The zero-order valence-electron chi connectivity index (χ0n) is 11.1. The summed E-state index contributed by atoms with van der Waals surface area (Å²) >= 11 is 0. The second-order valence-corrected chi connectivity index (χ2v) is 5.00. The van der Waals surface area contributed by atoms with Crippen LogP contribution in [-0.4, -0.2) is 31.4 Å². The van der Waals surface area contributed by atoms with Crippen molar-refractivity contribution in [1.82, 2.24) is 5.32 Å². The first-order valence-electron chi connectivity index (χ1n) is 6.56. The minimum Gasteiger partial charge on any atom is -0.381 e. The molecule has 0 unspecified atom stereocenters. The molecule has 19 heavy (non-hydrogen) atoms. The number of amides is 1. The highest BCUT2D eigenvalue weighted by molar-refractivity contribution is 5.94. The lowest BCUT2D eigenvalue weighted by atomic mass is 9.77. The van der Waals surface area contributed by atoms with Crippen LogP contribution in [0.15, 0.2) is 30.3 Å². The summed E-state index contributed by atoms with van der Waals surface area (Å²) in [5.41, 5.74) is 0.163.